The normalized spacial score (nSPS) is 22.7. The maximum atomic E-state index is 5.54. The van der Waals surface area contributed by atoms with Gasteiger partial charge in [-0.25, -0.2) is 0 Å². The van der Waals surface area contributed by atoms with Crippen LogP contribution >= 0.6 is 0 Å². The number of hydrogen-bond donors (Lipinski definition) is 1. The molecule has 0 saturated carbocycles. The number of rotatable bonds is 0. The lowest BCUT2D eigenvalue weighted by Gasteiger charge is -2.13. The van der Waals surface area contributed by atoms with Gasteiger partial charge in [0.25, 0.3) is 0 Å². The Morgan fingerprint density at radius 2 is 2.36 bits per heavy atom. The highest BCUT2D eigenvalue weighted by molar-refractivity contribution is 5.37. The molecule has 1 aromatic rings. The van der Waals surface area contributed by atoms with E-state index in [9.17, 15) is 0 Å². The van der Waals surface area contributed by atoms with Crippen LogP contribution in [0, 0.1) is 0 Å². The van der Waals surface area contributed by atoms with Crippen LogP contribution in [0.1, 0.15) is 13.8 Å². The summed E-state index contributed by atoms with van der Waals surface area (Å²) in [5.74, 6) is 0.737. The Kier molecular flexibility index (Phi) is 1.95. The van der Waals surface area contributed by atoms with Gasteiger partial charge in [-0.1, -0.05) is 12.6 Å². The Morgan fingerprint density at radius 1 is 1.57 bits per heavy atom. The zero-order chi connectivity index (χ0) is 10.2. The fourth-order valence-electron chi connectivity index (χ4n) is 1.40. The summed E-state index contributed by atoms with van der Waals surface area (Å²) in [6.45, 7) is 8.75. The van der Waals surface area contributed by atoms with Crippen LogP contribution < -0.4 is 15.9 Å². The van der Waals surface area contributed by atoms with E-state index in [-0.39, 0.29) is 5.54 Å². The molecule has 74 valence electrons. The smallest absolute Gasteiger partial charge is 0.214 e. The molecule has 0 radical (unpaired) electrons. The van der Waals surface area contributed by atoms with E-state index in [1.807, 2.05) is 12.1 Å². The fraction of sp³-hybridized carbons (Fsp3) is 0.364. The molecule has 1 N–H and O–H groups in total. The van der Waals surface area contributed by atoms with Crippen LogP contribution in [0.3, 0.4) is 0 Å². The standard InChI is InChI=1S/C11H14N2O/c1-8-5-4-6-12-9(8)10-13-11(2,3)7-14-10/h4-6,13H,1,7H2,2-3H3. The lowest BCUT2D eigenvalue weighted by molar-refractivity contribution is 0.271. The van der Waals surface area contributed by atoms with Gasteiger partial charge >= 0.3 is 0 Å². The summed E-state index contributed by atoms with van der Waals surface area (Å²) in [6, 6.07) is 3.79. The molecule has 0 spiro atoms. The van der Waals surface area contributed by atoms with Crippen LogP contribution in [0.25, 0.3) is 12.5 Å². The quantitative estimate of drug-likeness (QED) is 0.623. The first-order valence-corrected chi connectivity index (χ1v) is 4.64. The topological polar surface area (TPSA) is 34.2 Å². The van der Waals surface area contributed by atoms with Gasteiger partial charge in [0.05, 0.1) is 5.54 Å². The van der Waals surface area contributed by atoms with Gasteiger partial charge in [-0.3, -0.25) is 4.98 Å². The highest BCUT2D eigenvalue weighted by Crippen LogP contribution is 2.15. The van der Waals surface area contributed by atoms with Crippen LogP contribution in [-0.2, 0) is 4.74 Å². The average molecular weight is 190 g/mol. The molecule has 0 aromatic carbocycles. The minimum Gasteiger partial charge on any atom is -0.475 e. The van der Waals surface area contributed by atoms with Crippen molar-refractivity contribution in [1.29, 1.82) is 0 Å². The first-order chi connectivity index (χ1) is 6.58. The lowest BCUT2D eigenvalue weighted by Crippen LogP contribution is -2.38. The Balaban J connectivity index is 2.54. The monoisotopic (exact) mass is 190 g/mol. The predicted octanol–water partition coefficient (Wildman–Crippen LogP) is -0.0440. The molecule has 1 fully saturated rings. The second-order valence-electron chi connectivity index (χ2n) is 4.14. The second-order valence-corrected chi connectivity index (χ2v) is 4.14. The third-order valence-electron chi connectivity index (χ3n) is 2.14. The SMILES string of the molecule is C=c1cccnc1=C1NC(C)(C)CO1. The van der Waals surface area contributed by atoms with Gasteiger partial charge in [0.15, 0.2) is 0 Å². The molecule has 3 nitrogen and oxygen atoms in total. The number of hydrogen-bond acceptors (Lipinski definition) is 3. The molecule has 14 heavy (non-hydrogen) atoms. The number of aromatic nitrogens is 1. The van der Waals surface area contributed by atoms with Gasteiger partial charge in [0.2, 0.25) is 5.88 Å². The molecule has 0 bridgehead atoms. The van der Waals surface area contributed by atoms with Gasteiger partial charge in [-0.15, -0.1) is 0 Å². The molecule has 0 atom stereocenters. The average Bonchev–Trinajstić information content (AvgIpc) is 2.47. The zero-order valence-corrected chi connectivity index (χ0v) is 8.50. The Bertz CT molecular complexity index is 451. The third kappa shape index (κ3) is 1.58. The first-order valence-electron chi connectivity index (χ1n) is 4.64. The Hall–Kier alpha value is -1.51. The van der Waals surface area contributed by atoms with E-state index in [1.165, 1.54) is 0 Å². The van der Waals surface area contributed by atoms with E-state index in [0.29, 0.717) is 6.61 Å². The molecular formula is C11H14N2O. The number of pyridine rings is 1. The zero-order valence-electron chi connectivity index (χ0n) is 8.50. The molecular weight excluding hydrogens is 176 g/mol. The molecule has 3 heteroatoms. The van der Waals surface area contributed by atoms with Gasteiger partial charge in [0.1, 0.15) is 12.0 Å². The predicted molar refractivity (Wildman–Crippen MR) is 55.6 cm³/mol. The van der Waals surface area contributed by atoms with Crippen LogP contribution in [-0.4, -0.2) is 17.1 Å². The molecule has 0 aliphatic carbocycles. The highest BCUT2D eigenvalue weighted by atomic mass is 16.5. The van der Waals surface area contributed by atoms with E-state index in [1.54, 1.807) is 6.20 Å². The van der Waals surface area contributed by atoms with Crippen LogP contribution in [0.2, 0.25) is 0 Å². The maximum absolute atomic E-state index is 5.54. The van der Waals surface area contributed by atoms with E-state index >= 15 is 0 Å². The summed E-state index contributed by atoms with van der Waals surface area (Å²) < 4.78 is 5.54. The summed E-state index contributed by atoms with van der Waals surface area (Å²) in [7, 11) is 0. The molecule has 1 aliphatic heterocycles. The maximum Gasteiger partial charge on any atom is 0.214 e. The molecule has 0 amide bonds. The number of nitrogens with one attached hydrogen (secondary N) is 1. The molecule has 1 aromatic heterocycles. The van der Waals surface area contributed by atoms with Crippen molar-refractivity contribution in [1.82, 2.24) is 10.3 Å². The Labute approximate surface area is 83.1 Å². The van der Waals surface area contributed by atoms with Crippen molar-refractivity contribution < 1.29 is 4.74 Å². The van der Waals surface area contributed by atoms with Crippen molar-refractivity contribution in [3.63, 3.8) is 0 Å². The second kappa shape index (κ2) is 3.01. The summed E-state index contributed by atoms with van der Waals surface area (Å²) in [6.07, 6.45) is 1.74. The minimum atomic E-state index is -0.0146. The summed E-state index contributed by atoms with van der Waals surface area (Å²) in [5, 5.41) is 4.97. The van der Waals surface area contributed by atoms with Crippen molar-refractivity contribution in [2.45, 2.75) is 19.4 Å². The largest absolute Gasteiger partial charge is 0.475 e. The Morgan fingerprint density at radius 3 is 2.93 bits per heavy atom. The molecule has 1 saturated heterocycles. The van der Waals surface area contributed by atoms with Gasteiger partial charge in [-0.2, -0.15) is 0 Å². The van der Waals surface area contributed by atoms with Gasteiger partial charge in [-0.05, 0) is 25.1 Å². The third-order valence-corrected chi connectivity index (χ3v) is 2.14. The molecule has 0 unspecified atom stereocenters. The van der Waals surface area contributed by atoms with Crippen LogP contribution in [0.4, 0.5) is 0 Å². The van der Waals surface area contributed by atoms with Crippen molar-refractivity contribution >= 4 is 12.5 Å². The summed E-state index contributed by atoms with van der Waals surface area (Å²) in [4.78, 5) is 4.24. The highest BCUT2D eigenvalue weighted by Gasteiger charge is 2.27. The summed E-state index contributed by atoms with van der Waals surface area (Å²) in [5.41, 5.74) is -0.0146. The van der Waals surface area contributed by atoms with Crippen LogP contribution in [0.15, 0.2) is 18.3 Å². The van der Waals surface area contributed by atoms with E-state index in [0.717, 1.165) is 16.5 Å². The lowest BCUT2D eigenvalue weighted by atomic mass is 10.1. The fourth-order valence-corrected chi connectivity index (χ4v) is 1.40. The number of nitrogens with zero attached hydrogens (tertiary/aromatic N) is 1. The van der Waals surface area contributed by atoms with Crippen molar-refractivity contribution in [3.05, 3.63) is 28.9 Å². The van der Waals surface area contributed by atoms with Gasteiger partial charge < -0.3 is 10.1 Å². The van der Waals surface area contributed by atoms with Crippen molar-refractivity contribution in [3.8, 4) is 0 Å². The molecule has 2 rings (SSSR count). The van der Waals surface area contributed by atoms with Crippen LogP contribution in [0.5, 0.6) is 0 Å². The van der Waals surface area contributed by atoms with Crippen molar-refractivity contribution in [2.24, 2.45) is 0 Å². The molecule has 2 heterocycles. The minimum absolute atomic E-state index is 0.0146. The molecule has 1 aliphatic rings. The van der Waals surface area contributed by atoms with E-state index in [2.05, 4.69) is 30.7 Å². The van der Waals surface area contributed by atoms with Gasteiger partial charge in [0, 0.05) is 6.20 Å². The van der Waals surface area contributed by atoms with E-state index in [4.69, 9.17) is 4.74 Å². The van der Waals surface area contributed by atoms with Crippen molar-refractivity contribution in [2.75, 3.05) is 6.61 Å². The first kappa shape index (κ1) is 9.06. The summed E-state index contributed by atoms with van der Waals surface area (Å²) >= 11 is 0. The van der Waals surface area contributed by atoms with E-state index < -0.39 is 0 Å². The number of ether oxygens (including phenoxy) is 1.